The van der Waals surface area contributed by atoms with Gasteiger partial charge >= 0.3 is 0 Å². The molecular weight excluding hydrogens is 310 g/mol. The number of nitrogens with zero attached hydrogens (tertiary/aromatic N) is 5. The Morgan fingerprint density at radius 3 is 2.57 bits per heavy atom. The van der Waals surface area contributed by atoms with E-state index in [0.717, 1.165) is 37.4 Å². The maximum atomic E-state index is 6.50. The lowest BCUT2D eigenvalue weighted by Crippen LogP contribution is -2.41. The fourth-order valence-corrected chi connectivity index (χ4v) is 2.91. The lowest BCUT2D eigenvalue weighted by Gasteiger charge is -2.30. The van der Waals surface area contributed by atoms with Gasteiger partial charge in [-0.1, -0.05) is 41.9 Å². The highest BCUT2D eigenvalue weighted by molar-refractivity contribution is 6.32. The van der Waals surface area contributed by atoms with Crippen LogP contribution >= 0.6 is 11.6 Å². The molecule has 0 amide bonds. The fourth-order valence-electron chi connectivity index (χ4n) is 2.63. The number of aryl methyl sites for hydroxylation is 1. The van der Waals surface area contributed by atoms with Gasteiger partial charge < -0.3 is 4.90 Å². The third-order valence-electron chi connectivity index (χ3n) is 4.11. The first-order valence-corrected chi connectivity index (χ1v) is 8.25. The van der Waals surface area contributed by atoms with Gasteiger partial charge in [0.15, 0.2) is 0 Å². The van der Waals surface area contributed by atoms with Gasteiger partial charge in [-0.25, -0.2) is 4.68 Å². The van der Waals surface area contributed by atoms with E-state index in [2.05, 4.69) is 39.3 Å². The third kappa shape index (κ3) is 3.92. The molecular formula is C17H22ClN5. The summed E-state index contributed by atoms with van der Waals surface area (Å²) in [5, 5.41) is 11.9. The lowest BCUT2D eigenvalue weighted by molar-refractivity contribution is 0.159. The number of hydrogen-bond donors (Lipinski definition) is 0. The minimum atomic E-state index is 0.643. The number of aromatic nitrogens is 2. The lowest BCUT2D eigenvalue weighted by atomic mass is 10.2. The third-order valence-corrected chi connectivity index (χ3v) is 4.51. The van der Waals surface area contributed by atoms with Crippen LogP contribution in [0.1, 0.15) is 16.8 Å². The Bertz CT molecular complexity index is 672. The van der Waals surface area contributed by atoms with Gasteiger partial charge in [0, 0.05) is 26.2 Å². The van der Waals surface area contributed by atoms with Crippen LogP contribution in [0.15, 0.2) is 35.4 Å². The zero-order valence-electron chi connectivity index (χ0n) is 13.6. The molecule has 122 valence electrons. The van der Waals surface area contributed by atoms with E-state index >= 15 is 0 Å². The summed E-state index contributed by atoms with van der Waals surface area (Å²) in [6, 6.07) is 10.2. The molecule has 1 aliphatic heterocycles. The summed E-state index contributed by atoms with van der Waals surface area (Å²) < 4.78 is 1.83. The first kappa shape index (κ1) is 16.0. The van der Waals surface area contributed by atoms with Crippen molar-refractivity contribution in [2.24, 2.45) is 5.10 Å². The molecule has 1 fully saturated rings. The van der Waals surface area contributed by atoms with Crippen molar-refractivity contribution in [2.75, 3.05) is 33.2 Å². The van der Waals surface area contributed by atoms with E-state index in [4.69, 9.17) is 11.6 Å². The summed E-state index contributed by atoms with van der Waals surface area (Å²) in [4.78, 5) is 2.31. The molecule has 1 aromatic carbocycles. The minimum absolute atomic E-state index is 0.643. The van der Waals surface area contributed by atoms with Crippen LogP contribution in [0.3, 0.4) is 0 Å². The number of piperazine rings is 1. The average Bonchev–Trinajstić information content (AvgIpc) is 2.82. The van der Waals surface area contributed by atoms with Crippen LogP contribution in [-0.4, -0.2) is 59.1 Å². The maximum absolute atomic E-state index is 6.50. The number of likely N-dealkylation sites (N-methyl/N-ethyl adjacent to an activating group) is 1. The van der Waals surface area contributed by atoms with Crippen LogP contribution in [0.5, 0.6) is 0 Å². The Morgan fingerprint density at radius 2 is 1.87 bits per heavy atom. The molecule has 0 saturated carbocycles. The molecule has 0 atom stereocenters. The smallest absolute Gasteiger partial charge is 0.136 e. The summed E-state index contributed by atoms with van der Waals surface area (Å²) in [7, 11) is 2.13. The molecule has 0 unspecified atom stereocenters. The average molecular weight is 332 g/mol. The predicted molar refractivity (Wildman–Crippen MR) is 94.2 cm³/mol. The van der Waals surface area contributed by atoms with E-state index in [9.17, 15) is 0 Å². The quantitative estimate of drug-likeness (QED) is 0.808. The van der Waals surface area contributed by atoms with Crippen molar-refractivity contribution in [3.8, 4) is 0 Å². The molecule has 1 aromatic heterocycles. The number of benzene rings is 1. The second-order valence-electron chi connectivity index (χ2n) is 5.93. The molecule has 6 heteroatoms. The van der Waals surface area contributed by atoms with Crippen molar-refractivity contribution >= 4 is 17.8 Å². The SMILES string of the molecule is Cc1nn(Cc2ccccc2)c(Cl)c1C=NN1CCN(C)CC1. The van der Waals surface area contributed by atoms with Crippen molar-refractivity contribution in [3.05, 3.63) is 52.3 Å². The van der Waals surface area contributed by atoms with Gasteiger partial charge in [-0.3, -0.25) is 5.01 Å². The van der Waals surface area contributed by atoms with E-state index in [1.54, 1.807) is 0 Å². The highest BCUT2D eigenvalue weighted by Crippen LogP contribution is 2.19. The molecule has 1 saturated heterocycles. The summed E-state index contributed by atoms with van der Waals surface area (Å²) >= 11 is 6.50. The Balaban J connectivity index is 1.73. The first-order valence-electron chi connectivity index (χ1n) is 7.88. The van der Waals surface area contributed by atoms with Gasteiger partial charge in [-0.2, -0.15) is 10.2 Å². The fraction of sp³-hybridized carbons (Fsp3) is 0.412. The normalized spacial score (nSPS) is 16.4. The van der Waals surface area contributed by atoms with Crippen molar-refractivity contribution in [2.45, 2.75) is 13.5 Å². The Kier molecular flexibility index (Phi) is 4.98. The zero-order valence-corrected chi connectivity index (χ0v) is 14.4. The van der Waals surface area contributed by atoms with Crippen molar-refractivity contribution in [1.29, 1.82) is 0 Å². The standard InChI is InChI=1S/C17H22ClN5/c1-14-16(12-19-22-10-8-21(2)9-11-22)17(18)23(20-14)13-15-6-4-3-5-7-15/h3-7,12H,8-11,13H2,1-2H3. The second kappa shape index (κ2) is 7.15. The molecule has 2 aromatic rings. The van der Waals surface area contributed by atoms with Crippen LogP contribution in [0.25, 0.3) is 0 Å². The monoisotopic (exact) mass is 331 g/mol. The highest BCUT2D eigenvalue weighted by Gasteiger charge is 2.14. The highest BCUT2D eigenvalue weighted by atomic mass is 35.5. The molecule has 23 heavy (non-hydrogen) atoms. The summed E-state index contributed by atoms with van der Waals surface area (Å²) in [5.41, 5.74) is 2.99. The minimum Gasteiger partial charge on any atom is -0.303 e. The number of rotatable bonds is 4. The van der Waals surface area contributed by atoms with E-state index in [1.807, 2.05) is 36.0 Å². The molecule has 0 spiro atoms. The number of hydrazone groups is 1. The van der Waals surface area contributed by atoms with Gasteiger partial charge in [-0.15, -0.1) is 0 Å². The van der Waals surface area contributed by atoms with E-state index in [1.165, 1.54) is 5.56 Å². The molecule has 5 nitrogen and oxygen atoms in total. The van der Waals surface area contributed by atoms with Crippen LogP contribution in [-0.2, 0) is 6.54 Å². The van der Waals surface area contributed by atoms with Crippen LogP contribution in [0, 0.1) is 6.92 Å². The van der Waals surface area contributed by atoms with Gasteiger partial charge in [0.25, 0.3) is 0 Å². The van der Waals surface area contributed by atoms with Gasteiger partial charge in [-0.05, 0) is 19.5 Å². The summed E-state index contributed by atoms with van der Waals surface area (Å²) in [5.74, 6) is 0. The zero-order chi connectivity index (χ0) is 16.2. The van der Waals surface area contributed by atoms with E-state index < -0.39 is 0 Å². The molecule has 1 aliphatic rings. The Morgan fingerprint density at radius 1 is 1.17 bits per heavy atom. The Labute approximate surface area is 142 Å². The predicted octanol–water partition coefficient (Wildman–Crippen LogP) is 2.47. The van der Waals surface area contributed by atoms with E-state index in [-0.39, 0.29) is 0 Å². The summed E-state index contributed by atoms with van der Waals surface area (Å²) in [6.45, 7) is 6.61. The van der Waals surface area contributed by atoms with Gasteiger partial charge in [0.05, 0.1) is 24.0 Å². The molecule has 0 bridgehead atoms. The van der Waals surface area contributed by atoms with Gasteiger partial charge in [0.1, 0.15) is 5.15 Å². The van der Waals surface area contributed by atoms with E-state index in [0.29, 0.717) is 11.7 Å². The molecule has 0 radical (unpaired) electrons. The summed E-state index contributed by atoms with van der Waals surface area (Å²) in [6.07, 6.45) is 1.84. The van der Waals surface area contributed by atoms with Crippen LogP contribution < -0.4 is 0 Å². The Hall–Kier alpha value is -1.85. The van der Waals surface area contributed by atoms with Gasteiger partial charge in [0.2, 0.25) is 0 Å². The number of halogens is 1. The van der Waals surface area contributed by atoms with Crippen LogP contribution in [0.4, 0.5) is 0 Å². The largest absolute Gasteiger partial charge is 0.303 e. The van der Waals surface area contributed by atoms with Crippen LogP contribution in [0.2, 0.25) is 5.15 Å². The first-order chi connectivity index (χ1) is 11.1. The topological polar surface area (TPSA) is 36.7 Å². The number of hydrogen-bond acceptors (Lipinski definition) is 4. The molecule has 2 heterocycles. The van der Waals surface area contributed by atoms with Crippen molar-refractivity contribution in [3.63, 3.8) is 0 Å². The molecule has 3 rings (SSSR count). The second-order valence-corrected chi connectivity index (χ2v) is 6.29. The molecule has 0 N–H and O–H groups in total. The maximum Gasteiger partial charge on any atom is 0.136 e. The van der Waals surface area contributed by atoms with Crippen molar-refractivity contribution < 1.29 is 0 Å². The van der Waals surface area contributed by atoms with Crippen molar-refractivity contribution in [1.82, 2.24) is 19.7 Å². The molecule has 0 aliphatic carbocycles.